The van der Waals surface area contributed by atoms with Crippen LogP contribution in [0.1, 0.15) is 52.1 Å². The summed E-state index contributed by atoms with van der Waals surface area (Å²) in [5, 5.41) is 17.6. The number of Topliss-reactive ketones (excluding diaryl/α,β-unsaturated/α-hetero) is 1. The number of hydrogen-bond donors (Lipinski definition) is 5. The molecule has 2 aliphatic rings. The van der Waals surface area contributed by atoms with Crippen LogP contribution in [0.3, 0.4) is 0 Å². The van der Waals surface area contributed by atoms with Gasteiger partial charge in [-0.25, -0.2) is 4.79 Å². The second kappa shape index (κ2) is 10.1. The number of aromatic amines is 1. The standard InChI is InChI=1S/C27H23BrN4O5/c28-14-4-6-15(7-5-14)29-27(37)30-16-8-10-20-18(12-16)19(26(36)32-20)13-22-17(9-11-24(34)35)25-21(31-22)2-1-3-23(25)33/h4-8,10,12-13,31H,1-3,9,11H2,(H,32,36)(H,34,35)(H2,29,30,37)/b19-13-. The van der Waals surface area contributed by atoms with Crippen molar-refractivity contribution in [2.75, 3.05) is 16.0 Å². The number of carbonyl (C=O) groups excluding carboxylic acids is 3. The number of fused-ring (bicyclic) bond motifs is 2. The molecule has 1 aromatic heterocycles. The molecule has 5 N–H and O–H groups in total. The highest BCUT2D eigenvalue weighted by Crippen LogP contribution is 2.37. The van der Waals surface area contributed by atoms with Crippen molar-refractivity contribution >= 4 is 68.3 Å². The van der Waals surface area contributed by atoms with Crippen LogP contribution in [-0.2, 0) is 22.4 Å². The zero-order valence-electron chi connectivity index (χ0n) is 19.6. The van der Waals surface area contributed by atoms with E-state index in [1.807, 2.05) is 12.1 Å². The molecule has 188 valence electrons. The monoisotopic (exact) mass is 562 g/mol. The lowest BCUT2D eigenvalue weighted by molar-refractivity contribution is -0.137. The predicted molar refractivity (Wildman–Crippen MR) is 144 cm³/mol. The van der Waals surface area contributed by atoms with E-state index in [4.69, 9.17) is 0 Å². The number of halogens is 1. The molecule has 9 nitrogen and oxygen atoms in total. The van der Waals surface area contributed by atoms with Crippen LogP contribution in [0, 0.1) is 0 Å². The molecule has 0 saturated heterocycles. The molecule has 0 spiro atoms. The number of carboxylic acids is 1. The van der Waals surface area contributed by atoms with E-state index >= 15 is 0 Å². The Morgan fingerprint density at radius 2 is 1.76 bits per heavy atom. The number of benzene rings is 2. The number of carbonyl (C=O) groups is 4. The molecular weight excluding hydrogens is 540 g/mol. The number of H-pyrrole nitrogens is 1. The Balaban J connectivity index is 1.45. The maximum absolute atomic E-state index is 12.9. The largest absolute Gasteiger partial charge is 0.481 e. The van der Waals surface area contributed by atoms with Crippen molar-refractivity contribution < 1.29 is 24.3 Å². The van der Waals surface area contributed by atoms with Crippen LogP contribution in [0.4, 0.5) is 21.9 Å². The van der Waals surface area contributed by atoms with Crippen LogP contribution in [-0.4, -0.2) is 33.8 Å². The summed E-state index contributed by atoms with van der Waals surface area (Å²) in [7, 11) is 0. The summed E-state index contributed by atoms with van der Waals surface area (Å²) in [6.07, 6.45) is 3.55. The number of urea groups is 1. The van der Waals surface area contributed by atoms with Gasteiger partial charge in [0.15, 0.2) is 5.78 Å². The van der Waals surface area contributed by atoms with Gasteiger partial charge in [-0.1, -0.05) is 15.9 Å². The normalized spacial score (nSPS) is 15.2. The number of amides is 3. The van der Waals surface area contributed by atoms with Gasteiger partial charge in [0.05, 0.1) is 5.57 Å². The molecule has 1 aliphatic carbocycles. The van der Waals surface area contributed by atoms with E-state index in [0.29, 0.717) is 57.9 Å². The third-order valence-electron chi connectivity index (χ3n) is 6.36. The van der Waals surface area contributed by atoms with E-state index in [1.165, 1.54) is 0 Å². The van der Waals surface area contributed by atoms with Gasteiger partial charge in [0.25, 0.3) is 5.91 Å². The summed E-state index contributed by atoms with van der Waals surface area (Å²) in [6.45, 7) is 0. The van der Waals surface area contributed by atoms with Crippen molar-refractivity contribution in [2.45, 2.75) is 32.1 Å². The Bertz CT molecular complexity index is 1470. The Labute approximate surface area is 220 Å². The molecule has 0 saturated carbocycles. The number of aromatic nitrogens is 1. The second-order valence-corrected chi connectivity index (χ2v) is 9.82. The first-order chi connectivity index (χ1) is 17.8. The average Bonchev–Trinajstić information content (AvgIpc) is 3.36. The van der Waals surface area contributed by atoms with Crippen LogP contribution in [0.15, 0.2) is 46.9 Å². The summed E-state index contributed by atoms with van der Waals surface area (Å²) in [6, 6.07) is 11.8. The van der Waals surface area contributed by atoms with Gasteiger partial charge in [0.2, 0.25) is 0 Å². The van der Waals surface area contributed by atoms with Crippen molar-refractivity contribution in [2.24, 2.45) is 0 Å². The molecule has 0 unspecified atom stereocenters. The fourth-order valence-electron chi connectivity index (χ4n) is 4.69. The van der Waals surface area contributed by atoms with Crippen molar-refractivity contribution in [3.63, 3.8) is 0 Å². The van der Waals surface area contributed by atoms with Gasteiger partial charge < -0.3 is 26.0 Å². The summed E-state index contributed by atoms with van der Waals surface area (Å²) in [5.74, 6) is -1.30. The number of aryl methyl sites for hydroxylation is 1. The molecule has 0 radical (unpaired) electrons. The molecule has 3 amide bonds. The Morgan fingerprint density at radius 1 is 1.03 bits per heavy atom. The predicted octanol–water partition coefficient (Wildman–Crippen LogP) is 5.45. The number of aliphatic carboxylic acids is 1. The van der Waals surface area contributed by atoms with Gasteiger partial charge in [-0.15, -0.1) is 0 Å². The van der Waals surface area contributed by atoms with E-state index < -0.39 is 12.0 Å². The Kier molecular flexibility index (Phi) is 6.66. The van der Waals surface area contributed by atoms with Gasteiger partial charge in [-0.3, -0.25) is 14.4 Å². The van der Waals surface area contributed by atoms with E-state index in [0.717, 1.165) is 16.6 Å². The summed E-state index contributed by atoms with van der Waals surface area (Å²) >= 11 is 3.35. The number of rotatable bonds is 6. The smallest absolute Gasteiger partial charge is 0.323 e. The third kappa shape index (κ3) is 5.19. The minimum Gasteiger partial charge on any atom is -0.481 e. The molecule has 2 heterocycles. The molecule has 3 aromatic rings. The maximum atomic E-state index is 12.9. The van der Waals surface area contributed by atoms with E-state index in [1.54, 1.807) is 36.4 Å². The van der Waals surface area contributed by atoms with Crippen LogP contribution in [0.25, 0.3) is 11.6 Å². The molecule has 0 bridgehead atoms. The molecule has 1 aliphatic heterocycles. The molecule has 0 fully saturated rings. The quantitative estimate of drug-likeness (QED) is 0.254. The van der Waals surface area contributed by atoms with Crippen LogP contribution in [0.2, 0.25) is 0 Å². The van der Waals surface area contributed by atoms with Crippen molar-refractivity contribution in [3.8, 4) is 0 Å². The summed E-state index contributed by atoms with van der Waals surface area (Å²) in [4.78, 5) is 52.5. The van der Waals surface area contributed by atoms with Crippen LogP contribution < -0.4 is 16.0 Å². The minimum absolute atomic E-state index is 0.0120. The first-order valence-electron chi connectivity index (χ1n) is 11.8. The molecule has 5 rings (SSSR count). The van der Waals surface area contributed by atoms with E-state index in [2.05, 4.69) is 36.9 Å². The van der Waals surface area contributed by atoms with Gasteiger partial charge in [-0.2, -0.15) is 0 Å². The molecule has 10 heteroatoms. The highest BCUT2D eigenvalue weighted by atomic mass is 79.9. The van der Waals surface area contributed by atoms with Crippen molar-refractivity contribution in [1.82, 2.24) is 4.98 Å². The molecule has 0 atom stereocenters. The second-order valence-electron chi connectivity index (χ2n) is 8.90. The summed E-state index contributed by atoms with van der Waals surface area (Å²) in [5.41, 5.74) is 5.17. The minimum atomic E-state index is -0.960. The first-order valence-corrected chi connectivity index (χ1v) is 12.6. The van der Waals surface area contributed by atoms with E-state index in [9.17, 15) is 24.3 Å². The lowest BCUT2D eigenvalue weighted by atomic mass is 9.91. The van der Waals surface area contributed by atoms with Gasteiger partial charge in [0, 0.05) is 56.9 Å². The highest BCUT2D eigenvalue weighted by molar-refractivity contribution is 9.10. The maximum Gasteiger partial charge on any atom is 0.323 e. The third-order valence-corrected chi connectivity index (χ3v) is 6.89. The van der Waals surface area contributed by atoms with Gasteiger partial charge in [-0.05, 0) is 73.4 Å². The first kappa shape index (κ1) is 24.5. The number of ketones is 1. The topological polar surface area (TPSA) is 140 Å². The lowest BCUT2D eigenvalue weighted by Gasteiger charge is -2.11. The van der Waals surface area contributed by atoms with E-state index in [-0.39, 0.29) is 24.5 Å². The zero-order chi connectivity index (χ0) is 26.1. The van der Waals surface area contributed by atoms with Crippen LogP contribution in [0.5, 0.6) is 0 Å². The van der Waals surface area contributed by atoms with Crippen molar-refractivity contribution in [3.05, 3.63) is 75.0 Å². The van der Waals surface area contributed by atoms with Gasteiger partial charge in [0.1, 0.15) is 0 Å². The number of nitrogens with one attached hydrogen (secondary N) is 4. The Hall–Kier alpha value is -4.18. The van der Waals surface area contributed by atoms with Crippen LogP contribution >= 0.6 is 15.9 Å². The van der Waals surface area contributed by atoms with Gasteiger partial charge >= 0.3 is 12.0 Å². The number of hydrogen-bond acceptors (Lipinski definition) is 4. The SMILES string of the molecule is O=C(O)CCc1c(/C=C2\C(=O)Nc3ccc(NC(=O)Nc4ccc(Br)cc4)cc32)[nH]c2c1C(=O)CCC2. The lowest BCUT2D eigenvalue weighted by Crippen LogP contribution is -2.19. The number of anilines is 3. The fraction of sp³-hybridized carbons (Fsp3) is 0.185. The number of carboxylic acid groups (broad SMARTS) is 1. The Morgan fingerprint density at radius 3 is 2.51 bits per heavy atom. The molecule has 2 aromatic carbocycles. The van der Waals surface area contributed by atoms with Crippen molar-refractivity contribution in [1.29, 1.82) is 0 Å². The molecule has 37 heavy (non-hydrogen) atoms. The summed E-state index contributed by atoms with van der Waals surface area (Å²) < 4.78 is 0.895. The molecular formula is C27H23BrN4O5. The fourth-order valence-corrected chi connectivity index (χ4v) is 4.95. The zero-order valence-corrected chi connectivity index (χ0v) is 21.2. The average molecular weight is 563 g/mol. The highest BCUT2D eigenvalue weighted by Gasteiger charge is 2.29.